The molecule has 0 aromatic heterocycles. The molecule has 3 amide bonds. The van der Waals surface area contributed by atoms with E-state index in [4.69, 9.17) is 16.4 Å². The largest absolute Gasteiger partial charge is 0.387 e. The van der Waals surface area contributed by atoms with Crippen LogP contribution in [-0.2, 0) is 34.0 Å². The number of rotatable bonds is 13. The van der Waals surface area contributed by atoms with Crippen LogP contribution in [0.15, 0.2) is 88.9 Å². The van der Waals surface area contributed by atoms with Crippen molar-refractivity contribution < 1.29 is 32.4 Å². The Bertz CT molecular complexity index is 1950. The summed E-state index contributed by atoms with van der Waals surface area (Å²) >= 11 is 6.24. The van der Waals surface area contributed by atoms with E-state index in [1.54, 1.807) is 60.7 Å². The average Bonchev–Trinajstić information content (AvgIpc) is 3.71. The lowest BCUT2D eigenvalue weighted by atomic mass is 9.91. The maximum absolute atomic E-state index is 14.7. The highest BCUT2D eigenvalue weighted by atomic mass is 35.5. The van der Waals surface area contributed by atoms with Crippen LogP contribution in [0, 0.1) is 6.92 Å². The normalized spacial score (nSPS) is 21.0. The molecule has 2 fully saturated rings. The summed E-state index contributed by atoms with van der Waals surface area (Å²) in [6, 6.07) is 17.9. The van der Waals surface area contributed by atoms with Gasteiger partial charge in [0.15, 0.2) is 5.60 Å². The summed E-state index contributed by atoms with van der Waals surface area (Å²) in [5.74, 6) is -2.89. The number of hydrogen-bond acceptors (Lipinski definition) is 8. The topological polar surface area (TPSA) is 163 Å². The first-order chi connectivity index (χ1) is 24.4. The van der Waals surface area contributed by atoms with Crippen molar-refractivity contribution in [3.8, 4) is 0 Å². The number of amides is 3. The Morgan fingerprint density at radius 1 is 1.02 bits per heavy atom. The Morgan fingerprint density at radius 3 is 2.41 bits per heavy atom. The smallest absolute Gasteiger partial charge is 0.289 e. The standard InChI is InChI=1S/C37H40ClN5O7S/c1-3-8-29(33(44)35(46)39-27-15-16-27)40-34(45)31-21-37(20-30(41-50-37)25-11-7-12-26(38)19-25)22-43(31)36(47)32(24-9-5-4-6-10-24)42-51(48,49)28-17-13-23(2)14-18-28/h4-7,9-14,17-19,27,29,31-32,42H,3,8,15-16,20-22H2,1-2H3,(H,39,46)(H,40,45)/t29-,31-,32-,37+/m0/s1. The molecule has 3 aromatic carbocycles. The highest BCUT2D eigenvalue weighted by molar-refractivity contribution is 7.89. The van der Waals surface area contributed by atoms with E-state index in [-0.39, 0.29) is 36.7 Å². The van der Waals surface area contributed by atoms with Gasteiger partial charge in [0, 0.05) is 29.5 Å². The minimum atomic E-state index is -4.22. The van der Waals surface area contributed by atoms with Crippen molar-refractivity contribution in [1.29, 1.82) is 0 Å². The quantitative estimate of drug-likeness (QED) is 0.224. The lowest BCUT2D eigenvalue weighted by Crippen LogP contribution is -2.54. The molecule has 0 bridgehead atoms. The van der Waals surface area contributed by atoms with Crippen molar-refractivity contribution >= 4 is 50.8 Å². The summed E-state index contributed by atoms with van der Waals surface area (Å²) in [6.07, 6.45) is 2.51. The number of hydrogen-bond donors (Lipinski definition) is 3. The number of Topliss-reactive ketones (excluding diaryl/α,β-unsaturated/α-hetero) is 1. The average molecular weight is 734 g/mol. The first-order valence-electron chi connectivity index (χ1n) is 17.0. The summed E-state index contributed by atoms with van der Waals surface area (Å²) in [6.45, 7) is 3.55. The lowest BCUT2D eigenvalue weighted by Gasteiger charge is -2.29. The minimum absolute atomic E-state index is 0.00827. The van der Waals surface area contributed by atoms with Crippen LogP contribution in [0.3, 0.4) is 0 Å². The number of aryl methyl sites for hydroxylation is 1. The fourth-order valence-electron chi connectivity index (χ4n) is 6.43. The van der Waals surface area contributed by atoms with Crippen LogP contribution in [0.4, 0.5) is 0 Å². The molecule has 12 nitrogen and oxygen atoms in total. The van der Waals surface area contributed by atoms with E-state index >= 15 is 0 Å². The number of ketones is 1. The highest BCUT2D eigenvalue weighted by Gasteiger charge is 2.55. The fraction of sp³-hybridized carbons (Fsp3) is 0.378. The second-order valence-electron chi connectivity index (χ2n) is 13.4. The predicted molar refractivity (Wildman–Crippen MR) is 190 cm³/mol. The molecule has 1 aliphatic carbocycles. The van der Waals surface area contributed by atoms with Gasteiger partial charge in [-0.15, -0.1) is 0 Å². The van der Waals surface area contributed by atoms with Crippen LogP contribution < -0.4 is 15.4 Å². The number of oxime groups is 1. The maximum atomic E-state index is 14.7. The molecule has 3 aromatic rings. The molecule has 1 saturated carbocycles. The number of carbonyl (C=O) groups is 4. The number of nitrogens with one attached hydrogen (secondary N) is 3. The van der Waals surface area contributed by atoms with Crippen LogP contribution in [0.25, 0.3) is 0 Å². The molecule has 51 heavy (non-hydrogen) atoms. The molecule has 3 N–H and O–H groups in total. The molecular weight excluding hydrogens is 694 g/mol. The first kappa shape index (κ1) is 36.2. The third-order valence-corrected chi connectivity index (χ3v) is 11.0. The van der Waals surface area contributed by atoms with E-state index in [9.17, 15) is 27.6 Å². The Balaban J connectivity index is 1.32. The van der Waals surface area contributed by atoms with E-state index in [1.165, 1.54) is 17.0 Å². The second-order valence-corrected chi connectivity index (χ2v) is 15.6. The maximum Gasteiger partial charge on any atom is 0.289 e. The van der Waals surface area contributed by atoms with E-state index in [1.807, 2.05) is 19.9 Å². The van der Waals surface area contributed by atoms with Gasteiger partial charge < -0.3 is 20.4 Å². The van der Waals surface area contributed by atoms with Gasteiger partial charge in [0.2, 0.25) is 27.6 Å². The van der Waals surface area contributed by atoms with Gasteiger partial charge in [-0.1, -0.05) is 90.3 Å². The van der Waals surface area contributed by atoms with Crippen molar-refractivity contribution in [3.63, 3.8) is 0 Å². The van der Waals surface area contributed by atoms with E-state index in [2.05, 4.69) is 20.5 Å². The number of sulfonamides is 1. The Kier molecular flexibility index (Phi) is 10.6. The molecule has 0 unspecified atom stereocenters. The Labute approximate surface area is 302 Å². The van der Waals surface area contributed by atoms with Crippen molar-refractivity contribution in [3.05, 3.63) is 101 Å². The second kappa shape index (κ2) is 14.9. The number of carbonyl (C=O) groups excluding carboxylic acids is 4. The van der Waals surface area contributed by atoms with Gasteiger partial charge in [-0.25, -0.2) is 8.42 Å². The van der Waals surface area contributed by atoms with Crippen LogP contribution in [0.2, 0.25) is 5.02 Å². The van der Waals surface area contributed by atoms with Gasteiger partial charge in [-0.3, -0.25) is 19.2 Å². The van der Waals surface area contributed by atoms with Gasteiger partial charge in [-0.05, 0) is 56.0 Å². The van der Waals surface area contributed by atoms with Crippen LogP contribution in [0.5, 0.6) is 0 Å². The zero-order valence-corrected chi connectivity index (χ0v) is 29.9. The summed E-state index contributed by atoms with van der Waals surface area (Å²) in [5, 5.41) is 10.2. The van der Waals surface area contributed by atoms with E-state index in [0.717, 1.165) is 18.4 Å². The fourth-order valence-corrected chi connectivity index (χ4v) is 7.80. The van der Waals surface area contributed by atoms with Crippen molar-refractivity contribution in [2.24, 2.45) is 5.16 Å². The number of halogens is 1. The summed E-state index contributed by atoms with van der Waals surface area (Å²) in [4.78, 5) is 62.1. The van der Waals surface area contributed by atoms with Gasteiger partial charge in [0.05, 0.1) is 23.2 Å². The summed E-state index contributed by atoms with van der Waals surface area (Å²) < 4.78 is 29.9. The molecule has 14 heteroatoms. The van der Waals surface area contributed by atoms with Gasteiger partial charge >= 0.3 is 0 Å². The number of nitrogens with zero attached hydrogens (tertiary/aromatic N) is 2. The van der Waals surface area contributed by atoms with E-state index < -0.39 is 57.3 Å². The summed E-state index contributed by atoms with van der Waals surface area (Å²) in [5.41, 5.74) is 1.37. The zero-order valence-electron chi connectivity index (χ0n) is 28.3. The molecular formula is C37H40ClN5O7S. The van der Waals surface area contributed by atoms with Gasteiger partial charge in [0.1, 0.15) is 12.1 Å². The van der Waals surface area contributed by atoms with Crippen molar-refractivity contribution in [1.82, 2.24) is 20.3 Å². The van der Waals surface area contributed by atoms with Crippen molar-refractivity contribution in [2.75, 3.05) is 6.54 Å². The Morgan fingerprint density at radius 2 is 1.75 bits per heavy atom. The SMILES string of the molecule is CCC[C@H](NC(=O)[C@@H]1C[C@]2(CC(c3cccc(Cl)c3)=NO2)CN1C(=O)[C@@H](NS(=O)(=O)c1ccc(C)cc1)c1ccccc1)C(=O)C(=O)NC1CC1. The number of likely N-dealkylation sites (tertiary alicyclic amines) is 1. The molecule has 3 aliphatic rings. The lowest BCUT2D eigenvalue weighted by molar-refractivity contribution is -0.143. The number of benzene rings is 3. The van der Waals surface area contributed by atoms with Gasteiger partial charge in [-0.2, -0.15) is 4.72 Å². The van der Waals surface area contributed by atoms with Crippen molar-refractivity contribution in [2.45, 2.75) is 87.0 Å². The molecule has 4 atom stereocenters. The molecule has 2 heterocycles. The molecule has 1 saturated heterocycles. The monoisotopic (exact) mass is 733 g/mol. The van der Waals surface area contributed by atoms with Crippen LogP contribution in [0.1, 0.15) is 68.2 Å². The predicted octanol–water partition coefficient (Wildman–Crippen LogP) is 3.96. The van der Waals surface area contributed by atoms with Gasteiger partial charge in [0.25, 0.3) is 5.91 Å². The minimum Gasteiger partial charge on any atom is -0.387 e. The highest BCUT2D eigenvalue weighted by Crippen LogP contribution is 2.40. The Hall–Kier alpha value is -4.59. The first-order valence-corrected chi connectivity index (χ1v) is 18.8. The van der Waals surface area contributed by atoms with Crippen LogP contribution in [-0.4, -0.2) is 72.8 Å². The molecule has 2 aliphatic heterocycles. The third-order valence-electron chi connectivity index (χ3n) is 9.31. The third kappa shape index (κ3) is 8.32. The molecule has 6 rings (SSSR count). The van der Waals surface area contributed by atoms with Crippen LogP contribution >= 0.6 is 11.6 Å². The molecule has 1 spiro atoms. The summed E-state index contributed by atoms with van der Waals surface area (Å²) in [7, 11) is -4.22. The molecule has 268 valence electrons. The van der Waals surface area contributed by atoms with E-state index in [0.29, 0.717) is 28.3 Å². The molecule has 0 radical (unpaired) electrons. The zero-order chi connectivity index (χ0) is 36.3.